The summed E-state index contributed by atoms with van der Waals surface area (Å²) >= 11 is 0. The third-order valence-electron chi connectivity index (χ3n) is 5.06. The Kier molecular flexibility index (Phi) is 5.66. The minimum absolute atomic E-state index is 0.0798. The van der Waals surface area contributed by atoms with Crippen LogP contribution in [0.1, 0.15) is 48.5 Å². The smallest absolute Gasteiger partial charge is 0.258 e. The Bertz CT molecular complexity index is 753. The van der Waals surface area contributed by atoms with Crippen LogP contribution in [0, 0.1) is 0 Å². The number of amides is 2. The first-order valence-corrected chi connectivity index (χ1v) is 9.10. The highest BCUT2D eigenvalue weighted by Gasteiger charge is 2.24. The second kappa shape index (κ2) is 8.13. The summed E-state index contributed by atoms with van der Waals surface area (Å²) < 4.78 is 0. The van der Waals surface area contributed by atoms with Gasteiger partial charge in [0, 0.05) is 38.3 Å². The van der Waals surface area contributed by atoms with Crippen LogP contribution in [0.3, 0.4) is 0 Å². The molecule has 5 heteroatoms. The van der Waals surface area contributed by atoms with E-state index in [0.29, 0.717) is 18.2 Å². The van der Waals surface area contributed by atoms with Gasteiger partial charge in [-0.1, -0.05) is 25.0 Å². The van der Waals surface area contributed by atoms with Gasteiger partial charge in [-0.05, 0) is 42.7 Å². The van der Waals surface area contributed by atoms with E-state index in [1.165, 1.54) is 12.8 Å². The van der Waals surface area contributed by atoms with E-state index in [1.807, 2.05) is 41.3 Å². The van der Waals surface area contributed by atoms with E-state index in [0.717, 1.165) is 24.1 Å². The zero-order valence-electron chi connectivity index (χ0n) is 15.4. The van der Waals surface area contributed by atoms with Crippen molar-refractivity contribution in [3.05, 3.63) is 59.9 Å². The van der Waals surface area contributed by atoms with E-state index >= 15 is 0 Å². The molecule has 1 heterocycles. The average Bonchev–Trinajstić information content (AvgIpc) is 3.20. The second-order valence-electron chi connectivity index (χ2n) is 6.86. The highest BCUT2D eigenvalue weighted by molar-refractivity contribution is 6.05. The second-order valence-corrected chi connectivity index (χ2v) is 6.86. The lowest BCUT2D eigenvalue weighted by Crippen LogP contribution is -2.36. The van der Waals surface area contributed by atoms with E-state index in [9.17, 15) is 9.59 Å². The van der Waals surface area contributed by atoms with Crippen LogP contribution in [0.2, 0.25) is 0 Å². The number of nitrogens with zero attached hydrogens (tertiary/aromatic N) is 3. The third-order valence-corrected chi connectivity index (χ3v) is 5.06. The highest BCUT2D eigenvalue weighted by atomic mass is 16.2. The Morgan fingerprint density at radius 1 is 1.12 bits per heavy atom. The fourth-order valence-corrected chi connectivity index (χ4v) is 3.53. The summed E-state index contributed by atoms with van der Waals surface area (Å²) in [6.45, 7) is 2.24. The van der Waals surface area contributed by atoms with Gasteiger partial charge in [0.05, 0.1) is 11.9 Å². The van der Waals surface area contributed by atoms with Crippen molar-refractivity contribution in [2.75, 3.05) is 11.9 Å². The third kappa shape index (κ3) is 4.10. The molecule has 1 saturated carbocycles. The van der Waals surface area contributed by atoms with Gasteiger partial charge in [0.1, 0.15) is 0 Å². The molecule has 0 atom stereocenters. The molecule has 5 nitrogen and oxygen atoms in total. The number of rotatable bonds is 5. The van der Waals surface area contributed by atoms with Gasteiger partial charge < -0.3 is 9.80 Å². The monoisotopic (exact) mass is 351 g/mol. The van der Waals surface area contributed by atoms with Gasteiger partial charge in [0.15, 0.2) is 0 Å². The molecule has 1 fully saturated rings. The maximum atomic E-state index is 12.6. The molecular weight excluding hydrogens is 326 g/mol. The molecule has 0 radical (unpaired) electrons. The summed E-state index contributed by atoms with van der Waals surface area (Å²) in [5.41, 5.74) is 2.42. The van der Waals surface area contributed by atoms with Crippen LogP contribution in [0.15, 0.2) is 48.8 Å². The van der Waals surface area contributed by atoms with Crippen molar-refractivity contribution < 1.29 is 9.59 Å². The maximum absolute atomic E-state index is 12.6. The molecular formula is C21H25N3O2. The molecule has 1 aliphatic carbocycles. The number of benzene rings is 1. The predicted molar refractivity (Wildman–Crippen MR) is 102 cm³/mol. The fourth-order valence-electron chi connectivity index (χ4n) is 3.53. The number of hydrogen-bond donors (Lipinski definition) is 0. The van der Waals surface area contributed by atoms with Gasteiger partial charge in [-0.15, -0.1) is 0 Å². The van der Waals surface area contributed by atoms with Crippen molar-refractivity contribution >= 4 is 17.5 Å². The molecule has 0 N–H and O–H groups in total. The van der Waals surface area contributed by atoms with E-state index in [1.54, 1.807) is 31.3 Å². The van der Waals surface area contributed by atoms with Crippen LogP contribution in [-0.4, -0.2) is 34.8 Å². The van der Waals surface area contributed by atoms with Crippen LogP contribution >= 0.6 is 0 Å². The van der Waals surface area contributed by atoms with Crippen LogP contribution in [0.25, 0.3) is 0 Å². The van der Waals surface area contributed by atoms with Gasteiger partial charge in [-0.25, -0.2) is 0 Å². The Hall–Kier alpha value is -2.69. The Morgan fingerprint density at radius 2 is 1.81 bits per heavy atom. The van der Waals surface area contributed by atoms with Crippen molar-refractivity contribution in [3.8, 4) is 0 Å². The molecule has 2 amide bonds. The molecule has 1 aromatic carbocycles. The zero-order chi connectivity index (χ0) is 18.5. The molecule has 1 aliphatic rings. The minimum atomic E-state index is -0.0798. The van der Waals surface area contributed by atoms with Crippen molar-refractivity contribution in [2.24, 2.45) is 0 Å². The van der Waals surface area contributed by atoms with Crippen molar-refractivity contribution in [1.82, 2.24) is 9.88 Å². The molecule has 136 valence electrons. The van der Waals surface area contributed by atoms with Crippen molar-refractivity contribution in [3.63, 3.8) is 0 Å². The number of hydrogen-bond acceptors (Lipinski definition) is 3. The standard InChI is InChI=1S/C21H25N3O2/c1-16(25)24(19-6-3-4-7-19)15-17-9-11-18(12-10-17)21(26)23(2)20-8-5-13-22-14-20/h5,8-14,19H,3-4,6-7,15H2,1-2H3. The summed E-state index contributed by atoms with van der Waals surface area (Å²) in [7, 11) is 1.74. The van der Waals surface area contributed by atoms with Crippen LogP contribution in [-0.2, 0) is 11.3 Å². The van der Waals surface area contributed by atoms with Crippen LogP contribution in [0.5, 0.6) is 0 Å². The maximum Gasteiger partial charge on any atom is 0.258 e. The van der Waals surface area contributed by atoms with Gasteiger partial charge in [-0.3, -0.25) is 14.6 Å². The van der Waals surface area contributed by atoms with E-state index in [-0.39, 0.29) is 11.8 Å². The molecule has 26 heavy (non-hydrogen) atoms. The first kappa shape index (κ1) is 18.1. The molecule has 0 saturated heterocycles. The summed E-state index contributed by atoms with van der Waals surface area (Å²) in [4.78, 5) is 32.2. The SMILES string of the molecule is CC(=O)N(Cc1ccc(C(=O)N(C)c2cccnc2)cc1)C1CCCC1. The lowest BCUT2D eigenvalue weighted by molar-refractivity contribution is -0.131. The normalized spacial score (nSPS) is 14.2. The zero-order valence-corrected chi connectivity index (χ0v) is 15.4. The lowest BCUT2D eigenvalue weighted by Gasteiger charge is -2.28. The molecule has 3 rings (SSSR count). The van der Waals surface area contributed by atoms with Gasteiger partial charge in [0.25, 0.3) is 5.91 Å². The van der Waals surface area contributed by atoms with E-state index in [4.69, 9.17) is 0 Å². The highest BCUT2D eigenvalue weighted by Crippen LogP contribution is 2.25. The fraction of sp³-hybridized carbons (Fsp3) is 0.381. The summed E-state index contributed by atoms with van der Waals surface area (Å²) in [5.74, 6) is 0.0390. The minimum Gasteiger partial charge on any atom is -0.336 e. The Labute approximate surface area is 154 Å². The molecule has 1 aromatic heterocycles. The van der Waals surface area contributed by atoms with E-state index in [2.05, 4.69) is 4.98 Å². The van der Waals surface area contributed by atoms with Gasteiger partial charge in [-0.2, -0.15) is 0 Å². The van der Waals surface area contributed by atoms with Crippen molar-refractivity contribution in [1.29, 1.82) is 0 Å². The molecule has 0 spiro atoms. The first-order valence-electron chi connectivity index (χ1n) is 9.10. The molecule has 0 aliphatic heterocycles. The number of carbonyl (C=O) groups is 2. The Balaban J connectivity index is 1.69. The number of anilines is 1. The summed E-state index contributed by atoms with van der Waals surface area (Å²) in [5, 5.41) is 0. The topological polar surface area (TPSA) is 53.5 Å². The Morgan fingerprint density at radius 3 is 2.38 bits per heavy atom. The first-order chi connectivity index (χ1) is 12.6. The predicted octanol–water partition coefficient (Wildman–Crippen LogP) is 3.65. The number of carbonyl (C=O) groups excluding carboxylic acids is 2. The largest absolute Gasteiger partial charge is 0.336 e. The van der Waals surface area contributed by atoms with E-state index < -0.39 is 0 Å². The molecule has 2 aromatic rings. The molecule has 0 unspecified atom stereocenters. The summed E-state index contributed by atoms with van der Waals surface area (Å²) in [6.07, 6.45) is 7.92. The van der Waals surface area contributed by atoms with Gasteiger partial charge in [0.2, 0.25) is 5.91 Å². The number of pyridine rings is 1. The lowest BCUT2D eigenvalue weighted by atomic mass is 10.1. The van der Waals surface area contributed by atoms with Crippen molar-refractivity contribution in [2.45, 2.75) is 45.2 Å². The average molecular weight is 351 g/mol. The van der Waals surface area contributed by atoms with Gasteiger partial charge >= 0.3 is 0 Å². The number of aromatic nitrogens is 1. The summed E-state index contributed by atoms with van der Waals surface area (Å²) in [6, 6.07) is 11.6. The van der Waals surface area contributed by atoms with Crippen LogP contribution < -0.4 is 4.90 Å². The molecule has 0 bridgehead atoms. The van der Waals surface area contributed by atoms with Crippen LogP contribution in [0.4, 0.5) is 5.69 Å². The quantitative estimate of drug-likeness (QED) is 0.826.